The molecule has 28 heavy (non-hydrogen) atoms. The molecular formula is C17H16ClN3O4S3. The van der Waals surface area contributed by atoms with Gasteiger partial charge in [0.25, 0.3) is 20.0 Å². The highest BCUT2D eigenvalue weighted by Crippen LogP contribution is 2.25. The average molecular weight is 458 g/mol. The molecule has 2 N–H and O–H groups in total. The molecule has 3 rings (SSSR count). The van der Waals surface area contributed by atoms with Gasteiger partial charge in [0.2, 0.25) is 0 Å². The summed E-state index contributed by atoms with van der Waals surface area (Å²) in [5.41, 5.74) is 0.963. The maximum absolute atomic E-state index is 12.8. The third kappa shape index (κ3) is 4.89. The molecule has 0 saturated heterocycles. The van der Waals surface area contributed by atoms with Crippen LogP contribution in [0, 0.1) is 6.92 Å². The largest absolute Gasteiger partial charge is 0.379 e. The van der Waals surface area contributed by atoms with Crippen molar-refractivity contribution in [1.29, 1.82) is 0 Å². The van der Waals surface area contributed by atoms with E-state index < -0.39 is 20.0 Å². The third-order valence-corrected chi connectivity index (χ3v) is 8.35. The van der Waals surface area contributed by atoms with E-state index in [1.165, 1.54) is 35.6 Å². The van der Waals surface area contributed by atoms with E-state index in [1.807, 2.05) is 4.13 Å². The second kappa shape index (κ2) is 8.18. The first-order valence-corrected chi connectivity index (χ1v) is 12.1. The summed E-state index contributed by atoms with van der Waals surface area (Å²) in [6, 6.07) is 12.0. The van der Waals surface area contributed by atoms with Gasteiger partial charge in [0.05, 0.1) is 17.1 Å². The molecule has 2 aromatic carbocycles. The van der Waals surface area contributed by atoms with E-state index >= 15 is 0 Å². The number of rotatable bonds is 7. The minimum absolute atomic E-state index is 0.124. The van der Waals surface area contributed by atoms with E-state index in [-0.39, 0.29) is 15.5 Å². The van der Waals surface area contributed by atoms with Crippen LogP contribution >= 0.6 is 22.9 Å². The second-order valence-corrected chi connectivity index (χ2v) is 11.1. The molecule has 0 aliphatic heterocycles. The topological polar surface area (TPSA) is 105 Å². The number of nitrogens with zero attached hydrogens (tertiary/aromatic N) is 1. The van der Waals surface area contributed by atoms with Gasteiger partial charge in [0, 0.05) is 11.1 Å². The van der Waals surface area contributed by atoms with Crippen LogP contribution in [0.2, 0.25) is 4.47 Å². The average Bonchev–Trinajstić information content (AvgIpc) is 3.05. The first kappa shape index (κ1) is 20.7. The number of aromatic nitrogens is 1. The molecule has 0 aliphatic carbocycles. The Balaban J connectivity index is 1.87. The molecule has 0 spiro atoms. The van der Waals surface area contributed by atoms with Gasteiger partial charge in [-0.1, -0.05) is 35.9 Å². The molecular weight excluding hydrogens is 442 g/mol. The summed E-state index contributed by atoms with van der Waals surface area (Å²) in [7, 11) is -8.61. The number of thiazole rings is 1. The SMILES string of the molecule is Cc1cccc(S(=O)(=O)NS(=O)(=O)c2ccccc2NCc2cnc(Cl)s2)c1. The zero-order valence-corrected chi connectivity index (χ0v) is 17.8. The van der Waals surface area contributed by atoms with Crippen LogP contribution in [0.1, 0.15) is 10.4 Å². The lowest BCUT2D eigenvalue weighted by molar-refractivity contribution is 0.577. The zero-order chi connectivity index (χ0) is 20.4. The van der Waals surface area contributed by atoms with Crippen LogP contribution in [0.25, 0.3) is 0 Å². The van der Waals surface area contributed by atoms with Gasteiger partial charge < -0.3 is 5.32 Å². The molecule has 0 fully saturated rings. The summed E-state index contributed by atoms with van der Waals surface area (Å²) in [5.74, 6) is 0. The van der Waals surface area contributed by atoms with Crippen LogP contribution in [0.4, 0.5) is 5.69 Å². The number of nitrogens with one attached hydrogen (secondary N) is 2. The van der Waals surface area contributed by atoms with Crippen molar-refractivity contribution in [3.05, 3.63) is 69.6 Å². The molecule has 0 atom stereocenters. The van der Waals surface area contributed by atoms with E-state index in [2.05, 4.69) is 10.3 Å². The van der Waals surface area contributed by atoms with Gasteiger partial charge >= 0.3 is 0 Å². The first-order chi connectivity index (χ1) is 13.2. The molecule has 0 saturated carbocycles. The number of para-hydroxylation sites is 1. The first-order valence-electron chi connectivity index (χ1n) is 7.96. The Bertz CT molecular complexity index is 1210. The molecule has 3 aromatic rings. The Morgan fingerprint density at radius 2 is 1.79 bits per heavy atom. The van der Waals surface area contributed by atoms with Crippen molar-refractivity contribution in [2.24, 2.45) is 0 Å². The molecule has 0 amide bonds. The lowest BCUT2D eigenvalue weighted by Crippen LogP contribution is -2.31. The maximum Gasteiger partial charge on any atom is 0.255 e. The number of sulfonamides is 2. The van der Waals surface area contributed by atoms with Crippen LogP contribution in [-0.2, 0) is 26.6 Å². The van der Waals surface area contributed by atoms with Crippen molar-refractivity contribution in [1.82, 2.24) is 9.11 Å². The summed E-state index contributed by atoms with van der Waals surface area (Å²) in [6.45, 7) is 2.01. The molecule has 148 valence electrons. The van der Waals surface area contributed by atoms with Gasteiger partial charge in [-0.15, -0.1) is 15.5 Å². The highest BCUT2D eigenvalue weighted by Gasteiger charge is 2.26. The van der Waals surface area contributed by atoms with Crippen LogP contribution in [0.3, 0.4) is 0 Å². The smallest absolute Gasteiger partial charge is 0.255 e. The predicted molar refractivity (Wildman–Crippen MR) is 110 cm³/mol. The standard InChI is InChI=1S/C17H16ClN3O4S3/c1-12-5-4-6-14(9-12)27(22,23)21-28(24,25)16-8-3-2-7-15(16)19-10-13-11-20-17(18)26-13/h2-9,11,19,21H,10H2,1H3. The molecule has 0 radical (unpaired) electrons. The van der Waals surface area contributed by atoms with E-state index in [0.717, 1.165) is 4.88 Å². The van der Waals surface area contributed by atoms with Gasteiger partial charge in [-0.05, 0) is 36.8 Å². The molecule has 0 aliphatic rings. The lowest BCUT2D eigenvalue weighted by atomic mass is 10.2. The van der Waals surface area contributed by atoms with Crippen molar-refractivity contribution >= 4 is 48.7 Å². The number of hydrogen-bond donors (Lipinski definition) is 2. The second-order valence-electron chi connectivity index (χ2n) is 5.84. The maximum atomic E-state index is 12.8. The Hall–Kier alpha value is -1.98. The Morgan fingerprint density at radius 1 is 1.04 bits per heavy atom. The van der Waals surface area contributed by atoms with Gasteiger partial charge in [-0.2, -0.15) is 0 Å². The number of hydrogen-bond acceptors (Lipinski definition) is 7. The van der Waals surface area contributed by atoms with Crippen molar-refractivity contribution in [3.63, 3.8) is 0 Å². The van der Waals surface area contributed by atoms with Crippen molar-refractivity contribution in [3.8, 4) is 0 Å². The minimum atomic E-state index is -4.35. The van der Waals surface area contributed by atoms with E-state index in [9.17, 15) is 16.8 Å². The van der Waals surface area contributed by atoms with Gasteiger partial charge in [0.15, 0.2) is 4.47 Å². The number of anilines is 1. The molecule has 7 nitrogen and oxygen atoms in total. The van der Waals surface area contributed by atoms with Crippen molar-refractivity contribution in [2.75, 3.05) is 5.32 Å². The van der Waals surface area contributed by atoms with Gasteiger partial charge in [-0.25, -0.2) is 21.8 Å². The Labute approximate surface area is 172 Å². The van der Waals surface area contributed by atoms with E-state index in [0.29, 0.717) is 16.6 Å². The molecule has 11 heteroatoms. The van der Waals surface area contributed by atoms with Gasteiger partial charge in [-0.3, -0.25) is 0 Å². The summed E-state index contributed by atoms with van der Waals surface area (Å²) < 4.78 is 52.8. The fourth-order valence-corrected chi connectivity index (χ4v) is 6.52. The lowest BCUT2D eigenvalue weighted by Gasteiger charge is -2.13. The van der Waals surface area contributed by atoms with Crippen LogP contribution in [0.5, 0.6) is 0 Å². The normalized spacial score (nSPS) is 12.1. The van der Waals surface area contributed by atoms with Crippen molar-refractivity contribution < 1.29 is 16.8 Å². The predicted octanol–water partition coefficient (Wildman–Crippen LogP) is 3.38. The summed E-state index contributed by atoms with van der Waals surface area (Å²) >= 11 is 7.05. The van der Waals surface area contributed by atoms with E-state index in [4.69, 9.17) is 11.6 Å². The molecule has 0 unspecified atom stereocenters. The molecule has 0 bridgehead atoms. The monoisotopic (exact) mass is 457 g/mol. The highest BCUT2D eigenvalue weighted by atomic mass is 35.5. The van der Waals surface area contributed by atoms with Gasteiger partial charge in [0.1, 0.15) is 4.90 Å². The molecule has 1 heterocycles. The highest BCUT2D eigenvalue weighted by molar-refractivity contribution is 8.04. The fourth-order valence-electron chi connectivity index (χ4n) is 2.41. The van der Waals surface area contributed by atoms with E-state index in [1.54, 1.807) is 37.4 Å². The Morgan fingerprint density at radius 3 is 2.46 bits per heavy atom. The number of halogens is 1. The quantitative estimate of drug-likeness (QED) is 0.563. The fraction of sp³-hybridized carbons (Fsp3) is 0.118. The van der Waals surface area contributed by atoms with Crippen LogP contribution in [-0.4, -0.2) is 21.8 Å². The zero-order valence-electron chi connectivity index (χ0n) is 14.6. The summed E-state index contributed by atoms with van der Waals surface area (Å²) in [6.07, 6.45) is 1.58. The summed E-state index contributed by atoms with van der Waals surface area (Å²) in [4.78, 5) is 4.42. The minimum Gasteiger partial charge on any atom is -0.379 e. The van der Waals surface area contributed by atoms with Crippen LogP contribution in [0.15, 0.2) is 64.5 Å². The summed E-state index contributed by atoms with van der Waals surface area (Å²) in [5, 5.41) is 2.98. The molecule has 1 aromatic heterocycles. The van der Waals surface area contributed by atoms with Crippen molar-refractivity contribution in [2.45, 2.75) is 23.3 Å². The Kier molecular flexibility index (Phi) is 6.06. The van der Waals surface area contributed by atoms with Crippen LogP contribution < -0.4 is 9.44 Å². The third-order valence-electron chi connectivity index (χ3n) is 3.67. The number of aryl methyl sites for hydroxylation is 1. The number of benzene rings is 2.